The van der Waals surface area contributed by atoms with Gasteiger partial charge >= 0.3 is 0 Å². The molecule has 3 heteroatoms. The number of rotatable bonds is 1. The molecule has 0 saturated heterocycles. The fourth-order valence-corrected chi connectivity index (χ4v) is 1.45. The first-order chi connectivity index (χ1) is 7.18. The SMILES string of the molecule is Cc1ccc(-c2c[nH]nc(C)c2=O)cc1. The Hall–Kier alpha value is -1.90. The van der Waals surface area contributed by atoms with Crippen LogP contribution in [0, 0.1) is 13.8 Å². The van der Waals surface area contributed by atoms with Gasteiger partial charge in [-0.05, 0) is 19.4 Å². The molecule has 2 rings (SSSR count). The van der Waals surface area contributed by atoms with Gasteiger partial charge in [-0.15, -0.1) is 0 Å². The van der Waals surface area contributed by atoms with Crippen molar-refractivity contribution in [2.45, 2.75) is 13.8 Å². The van der Waals surface area contributed by atoms with Gasteiger partial charge in [0.15, 0.2) is 0 Å². The number of benzene rings is 1. The third kappa shape index (κ3) is 1.81. The van der Waals surface area contributed by atoms with Crippen molar-refractivity contribution in [2.24, 2.45) is 0 Å². The lowest BCUT2D eigenvalue weighted by molar-refractivity contribution is 0.967. The maximum atomic E-state index is 11.8. The van der Waals surface area contributed by atoms with Crippen molar-refractivity contribution >= 4 is 0 Å². The third-order valence-electron chi connectivity index (χ3n) is 2.38. The summed E-state index contributed by atoms with van der Waals surface area (Å²) in [5.41, 5.74) is 3.25. The molecule has 1 aromatic carbocycles. The van der Waals surface area contributed by atoms with E-state index in [4.69, 9.17) is 0 Å². The van der Waals surface area contributed by atoms with Crippen LogP contribution in [-0.2, 0) is 0 Å². The molecule has 0 fully saturated rings. The van der Waals surface area contributed by atoms with Crippen LogP contribution in [0.25, 0.3) is 11.1 Å². The van der Waals surface area contributed by atoms with Gasteiger partial charge in [-0.25, -0.2) is 0 Å². The van der Waals surface area contributed by atoms with E-state index in [1.807, 2.05) is 31.2 Å². The normalized spacial score (nSPS) is 10.3. The van der Waals surface area contributed by atoms with Gasteiger partial charge in [-0.1, -0.05) is 29.8 Å². The molecule has 1 N–H and O–H groups in total. The average Bonchev–Trinajstić information content (AvgIpc) is 2.24. The number of nitrogens with one attached hydrogen (secondary N) is 1. The number of aromatic nitrogens is 2. The highest BCUT2D eigenvalue weighted by Gasteiger charge is 2.04. The van der Waals surface area contributed by atoms with Crippen LogP contribution in [0.4, 0.5) is 0 Å². The van der Waals surface area contributed by atoms with Crippen molar-refractivity contribution in [2.75, 3.05) is 0 Å². The highest BCUT2D eigenvalue weighted by Crippen LogP contribution is 2.14. The summed E-state index contributed by atoms with van der Waals surface area (Å²) in [6, 6.07) is 7.87. The van der Waals surface area contributed by atoms with E-state index in [0.29, 0.717) is 11.3 Å². The summed E-state index contributed by atoms with van der Waals surface area (Å²) < 4.78 is 0. The van der Waals surface area contributed by atoms with Gasteiger partial charge in [0.25, 0.3) is 0 Å². The Morgan fingerprint density at radius 1 is 1.13 bits per heavy atom. The van der Waals surface area contributed by atoms with Crippen molar-refractivity contribution in [3.8, 4) is 11.1 Å². The summed E-state index contributed by atoms with van der Waals surface area (Å²) in [6.45, 7) is 3.72. The van der Waals surface area contributed by atoms with Crippen LogP contribution in [0.15, 0.2) is 35.3 Å². The largest absolute Gasteiger partial charge is 0.287 e. The van der Waals surface area contributed by atoms with E-state index in [9.17, 15) is 4.79 Å². The molecule has 76 valence electrons. The van der Waals surface area contributed by atoms with Gasteiger partial charge in [-0.2, -0.15) is 5.10 Å². The van der Waals surface area contributed by atoms with E-state index < -0.39 is 0 Å². The summed E-state index contributed by atoms with van der Waals surface area (Å²) in [6.07, 6.45) is 1.64. The maximum Gasteiger partial charge on any atom is 0.210 e. The van der Waals surface area contributed by atoms with E-state index in [0.717, 1.165) is 5.56 Å². The molecule has 15 heavy (non-hydrogen) atoms. The Balaban J connectivity index is 2.59. The van der Waals surface area contributed by atoms with E-state index in [1.54, 1.807) is 13.1 Å². The van der Waals surface area contributed by atoms with Crippen LogP contribution in [-0.4, -0.2) is 10.2 Å². The lowest BCUT2D eigenvalue weighted by Gasteiger charge is -2.01. The fourth-order valence-electron chi connectivity index (χ4n) is 1.45. The first-order valence-electron chi connectivity index (χ1n) is 4.80. The second kappa shape index (κ2) is 3.69. The molecule has 2 aromatic rings. The number of H-pyrrole nitrogens is 1. The van der Waals surface area contributed by atoms with Crippen molar-refractivity contribution < 1.29 is 0 Å². The third-order valence-corrected chi connectivity index (χ3v) is 2.38. The molecule has 1 heterocycles. The van der Waals surface area contributed by atoms with Gasteiger partial charge in [0.05, 0.1) is 0 Å². The lowest BCUT2D eigenvalue weighted by atomic mass is 10.1. The van der Waals surface area contributed by atoms with Crippen LogP contribution in [0.5, 0.6) is 0 Å². The van der Waals surface area contributed by atoms with Gasteiger partial charge < -0.3 is 0 Å². The molecular formula is C12H12N2O. The zero-order chi connectivity index (χ0) is 10.8. The zero-order valence-corrected chi connectivity index (χ0v) is 8.74. The zero-order valence-electron chi connectivity index (χ0n) is 8.74. The predicted octanol–water partition coefficient (Wildman–Crippen LogP) is 2.05. The molecule has 0 saturated carbocycles. The summed E-state index contributed by atoms with van der Waals surface area (Å²) in [5, 5.41) is 6.58. The van der Waals surface area contributed by atoms with Gasteiger partial charge in [-0.3, -0.25) is 9.89 Å². The number of hydrogen-bond acceptors (Lipinski definition) is 2. The Labute approximate surface area is 87.8 Å². The van der Waals surface area contributed by atoms with Crippen LogP contribution in [0.1, 0.15) is 11.3 Å². The minimum absolute atomic E-state index is 0.0161. The second-order valence-electron chi connectivity index (χ2n) is 3.58. The van der Waals surface area contributed by atoms with Crippen LogP contribution in [0.3, 0.4) is 0 Å². The maximum absolute atomic E-state index is 11.8. The molecule has 0 atom stereocenters. The van der Waals surface area contributed by atoms with Crippen LogP contribution >= 0.6 is 0 Å². The Morgan fingerprint density at radius 2 is 1.80 bits per heavy atom. The molecule has 0 amide bonds. The Morgan fingerprint density at radius 3 is 2.47 bits per heavy atom. The summed E-state index contributed by atoms with van der Waals surface area (Å²) in [7, 11) is 0. The molecule has 0 aliphatic rings. The molecule has 0 spiro atoms. The van der Waals surface area contributed by atoms with Crippen molar-refractivity contribution in [1.29, 1.82) is 0 Å². The molecular weight excluding hydrogens is 188 g/mol. The quantitative estimate of drug-likeness (QED) is 0.765. The number of nitrogens with zero attached hydrogens (tertiary/aromatic N) is 1. The summed E-state index contributed by atoms with van der Waals surface area (Å²) >= 11 is 0. The monoisotopic (exact) mass is 200 g/mol. The van der Waals surface area contributed by atoms with Crippen molar-refractivity contribution in [3.05, 3.63) is 51.9 Å². The minimum Gasteiger partial charge on any atom is -0.287 e. The van der Waals surface area contributed by atoms with Gasteiger partial charge in [0, 0.05) is 11.8 Å². The van der Waals surface area contributed by atoms with Crippen molar-refractivity contribution in [1.82, 2.24) is 10.2 Å². The highest BCUT2D eigenvalue weighted by molar-refractivity contribution is 5.62. The smallest absolute Gasteiger partial charge is 0.210 e. The Bertz CT molecular complexity index is 526. The van der Waals surface area contributed by atoms with Crippen LogP contribution < -0.4 is 5.43 Å². The first-order valence-corrected chi connectivity index (χ1v) is 4.80. The molecule has 0 bridgehead atoms. The van der Waals surface area contributed by atoms with Gasteiger partial charge in [0.1, 0.15) is 5.69 Å². The standard InChI is InChI=1S/C12H12N2O/c1-8-3-5-10(6-4-8)11-7-13-14-9(2)12(11)15/h3-7H,1-2H3,(H,13,15). The lowest BCUT2D eigenvalue weighted by Crippen LogP contribution is -2.11. The molecule has 1 aromatic heterocycles. The molecule has 0 radical (unpaired) electrons. The predicted molar refractivity (Wildman–Crippen MR) is 59.8 cm³/mol. The van der Waals surface area contributed by atoms with Crippen molar-refractivity contribution in [3.63, 3.8) is 0 Å². The second-order valence-corrected chi connectivity index (χ2v) is 3.58. The first kappa shape index (κ1) is 9.65. The van der Waals surface area contributed by atoms with E-state index in [1.165, 1.54) is 5.56 Å². The summed E-state index contributed by atoms with van der Waals surface area (Å²) in [4.78, 5) is 11.8. The van der Waals surface area contributed by atoms with E-state index in [-0.39, 0.29) is 5.43 Å². The summed E-state index contributed by atoms with van der Waals surface area (Å²) in [5.74, 6) is 0. The molecule has 3 nitrogen and oxygen atoms in total. The topological polar surface area (TPSA) is 45.8 Å². The fraction of sp³-hybridized carbons (Fsp3) is 0.167. The Kier molecular flexibility index (Phi) is 2.37. The minimum atomic E-state index is -0.0161. The number of hydrogen-bond donors (Lipinski definition) is 1. The van der Waals surface area contributed by atoms with Crippen LogP contribution in [0.2, 0.25) is 0 Å². The number of aryl methyl sites for hydroxylation is 2. The molecule has 0 aliphatic carbocycles. The highest BCUT2D eigenvalue weighted by atomic mass is 16.1. The molecule has 0 unspecified atom stereocenters. The average molecular weight is 200 g/mol. The van der Waals surface area contributed by atoms with E-state index >= 15 is 0 Å². The number of aromatic amines is 1. The van der Waals surface area contributed by atoms with E-state index in [2.05, 4.69) is 10.2 Å². The van der Waals surface area contributed by atoms with Gasteiger partial charge in [0.2, 0.25) is 5.43 Å². The molecule has 0 aliphatic heterocycles.